The minimum atomic E-state index is -5.15. The summed E-state index contributed by atoms with van der Waals surface area (Å²) in [5.41, 5.74) is 0. The molecule has 16 heavy (non-hydrogen) atoms. The zero-order valence-electron chi connectivity index (χ0n) is 6.48. The molecule has 15 heteroatoms. The van der Waals surface area contributed by atoms with E-state index in [9.17, 15) is 21.6 Å². The third kappa shape index (κ3) is 24.7. The second-order valence-corrected chi connectivity index (χ2v) is 3.32. The van der Waals surface area contributed by atoms with Crippen molar-refractivity contribution >= 4 is 102 Å². The second kappa shape index (κ2) is 11.6. The first-order chi connectivity index (χ1) is 5.10. The molecular weight excluding hydrogens is 328 g/mol. The fourth-order valence-corrected chi connectivity index (χ4v) is 0.641. The van der Waals surface area contributed by atoms with Gasteiger partial charge in [-0.05, 0) is 0 Å². The SMILES string of the molecule is N.N.O=C(OS(=O)(=O)O)OS(=O)(=O)O.[CaH2].[CaH2]. The van der Waals surface area contributed by atoms with Gasteiger partial charge in [-0.2, -0.15) is 16.8 Å². The summed E-state index contributed by atoms with van der Waals surface area (Å²) < 4.78 is 60.1. The number of carbonyl (C=O) groups is 1. The summed E-state index contributed by atoms with van der Waals surface area (Å²) in [6, 6.07) is 0. The van der Waals surface area contributed by atoms with Crippen LogP contribution < -0.4 is 12.3 Å². The average Bonchev–Trinajstić information content (AvgIpc) is 1.49. The Morgan fingerprint density at radius 2 is 1.00 bits per heavy atom. The zero-order valence-corrected chi connectivity index (χ0v) is 8.12. The van der Waals surface area contributed by atoms with Crippen LogP contribution in [-0.4, -0.2) is 108 Å². The first-order valence-corrected chi connectivity index (χ1v) is 4.71. The molecule has 11 nitrogen and oxygen atoms in total. The molecule has 0 rings (SSSR count). The van der Waals surface area contributed by atoms with E-state index in [1.807, 2.05) is 0 Å². The number of rotatable bonds is 2. The molecule has 0 spiro atoms. The van der Waals surface area contributed by atoms with Crippen LogP contribution in [0.25, 0.3) is 0 Å². The topological polar surface area (TPSA) is 214 Å². The van der Waals surface area contributed by atoms with Crippen LogP contribution in [0.5, 0.6) is 0 Å². The molecule has 0 aromatic heterocycles. The molecule has 0 aliphatic heterocycles. The Labute approximate surface area is 151 Å². The van der Waals surface area contributed by atoms with Gasteiger partial charge in [-0.3, -0.25) is 17.5 Å². The molecule has 96 valence electrons. The van der Waals surface area contributed by atoms with Crippen molar-refractivity contribution in [2.24, 2.45) is 0 Å². The molecule has 0 fully saturated rings. The predicted molar refractivity (Wildman–Crippen MR) is 57.8 cm³/mol. The standard InChI is InChI=1S/CH2O9S2.2Ca.2H3N.4H/c2-1(9-11(3,4)5)10-12(6,7)8;;;;;;;;/h(H,3,4,5)(H,6,7,8);;;2*1H3;;;;. The van der Waals surface area contributed by atoms with Gasteiger partial charge in [0.25, 0.3) is 0 Å². The summed E-state index contributed by atoms with van der Waals surface area (Å²) in [5, 5.41) is 0. The van der Waals surface area contributed by atoms with Gasteiger partial charge in [-0.15, -0.1) is 0 Å². The van der Waals surface area contributed by atoms with E-state index in [4.69, 9.17) is 9.11 Å². The molecule has 0 atom stereocenters. The van der Waals surface area contributed by atoms with Crippen molar-refractivity contribution in [3.8, 4) is 0 Å². The van der Waals surface area contributed by atoms with E-state index >= 15 is 0 Å². The summed E-state index contributed by atoms with van der Waals surface area (Å²) >= 11 is 0. The van der Waals surface area contributed by atoms with Gasteiger partial charge in [0.2, 0.25) is 0 Å². The van der Waals surface area contributed by atoms with Crippen molar-refractivity contribution < 1.29 is 39.1 Å². The molecule has 0 aliphatic carbocycles. The molecule has 0 saturated heterocycles. The maximum absolute atomic E-state index is 9.95. The van der Waals surface area contributed by atoms with Gasteiger partial charge in [-0.25, -0.2) is 4.79 Å². The quantitative estimate of drug-likeness (QED) is 0.298. The van der Waals surface area contributed by atoms with E-state index in [0.717, 1.165) is 0 Å². The van der Waals surface area contributed by atoms with Crippen molar-refractivity contribution in [1.29, 1.82) is 0 Å². The summed E-state index contributed by atoms with van der Waals surface area (Å²) in [4.78, 5) is 9.95. The van der Waals surface area contributed by atoms with E-state index in [0.29, 0.717) is 0 Å². The van der Waals surface area contributed by atoms with Gasteiger partial charge in [0.1, 0.15) is 0 Å². The number of hydrogen-bond acceptors (Lipinski definition) is 9. The summed E-state index contributed by atoms with van der Waals surface area (Å²) in [7, 11) is -10.3. The molecule has 0 radical (unpaired) electrons. The Bertz CT molecular complexity index is 336. The Morgan fingerprint density at radius 3 is 1.12 bits per heavy atom. The molecule has 0 heterocycles. The van der Waals surface area contributed by atoms with Crippen molar-refractivity contribution in [2.45, 2.75) is 0 Å². The van der Waals surface area contributed by atoms with Crippen molar-refractivity contribution in [3.63, 3.8) is 0 Å². The number of carbonyl (C=O) groups excluding carboxylic acids is 1. The monoisotopic (exact) mass is 340 g/mol. The van der Waals surface area contributed by atoms with E-state index < -0.39 is 27.0 Å². The van der Waals surface area contributed by atoms with Gasteiger partial charge in [0, 0.05) is 0 Å². The molecule has 0 aromatic rings. The fourth-order valence-electron chi connectivity index (χ4n) is 0.186. The van der Waals surface area contributed by atoms with Gasteiger partial charge in [-0.1, -0.05) is 0 Å². The summed E-state index contributed by atoms with van der Waals surface area (Å²) in [6.07, 6.45) is -2.29. The first kappa shape index (κ1) is 30.5. The van der Waals surface area contributed by atoms with Crippen LogP contribution in [0.4, 0.5) is 4.79 Å². The van der Waals surface area contributed by atoms with E-state index in [-0.39, 0.29) is 87.8 Å². The molecule has 0 aliphatic rings. The van der Waals surface area contributed by atoms with Crippen molar-refractivity contribution in [1.82, 2.24) is 12.3 Å². The third-order valence-electron chi connectivity index (χ3n) is 0.347. The molecule has 8 N–H and O–H groups in total. The molecule has 0 aromatic carbocycles. The Morgan fingerprint density at radius 1 is 0.812 bits per heavy atom. The van der Waals surface area contributed by atoms with Crippen LogP contribution in [0.15, 0.2) is 0 Å². The fraction of sp³-hybridized carbons (Fsp3) is 0. The molecule has 0 bridgehead atoms. The van der Waals surface area contributed by atoms with Crippen LogP contribution in [0.3, 0.4) is 0 Å². The average molecular weight is 340 g/mol. The van der Waals surface area contributed by atoms with Crippen molar-refractivity contribution in [2.75, 3.05) is 0 Å². The maximum atomic E-state index is 9.95. The van der Waals surface area contributed by atoms with E-state index in [1.165, 1.54) is 0 Å². The summed E-state index contributed by atoms with van der Waals surface area (Å²) in [5.74, 6) is 0. The Balaban J connectivity index is -0.000000101. The Kier molecular flexibility index (Phi) is 22.1. The molecule has 0 unspecified atom stereocenters. The summed E-state index contributed by atoms with van der Waals surface area (Å²) in [6.45, 7) is 0. The predicted octanol–water partition coefficient (Wildman–Crippen LogP) is -2.76. The second-order valence-electron chi connectivity index (χ2n) is 1.27. The molecular formula is CH12Ca2N2O9S2. The van der Waals surface area contributed by atoms with Crippen LogP contribution in [0.1, 0.15) is 0 Å². The van der Waals surface area contributed by atoms with Gasteiger partial charge < -0.3 is 12.3 Å². The van der Waals surface area contributed by atoms with Crippen LogP contribution >= 0.6 is 0 Å². The normalized spacial score (nSPS) is 9.12. The van der Waals surface area contributed by atoms with Gasteiger partial charge in [0.15, 0.2) is 0 Å². The van der Waals surface area contributed by atoms with Gasteiger partial charge in [0.05, 0.1) is 0 Å². The minimum absolute atomic E-state index is 0. The molecule has 0 saturated carbocycles. The Hall–Kier alpha value is 1.53. The first-order valence-electron chi connectivity index (χ1n) is 1.98. The van der Waals surface area contributed by atoms with Crippen molar-refractivity contribution in [3.05, 3.63) is 0 Å². The third-order valence-corrected chi connectivity index (χ3v) is 1.04. The van der Waals surface area contributed by atoms with Gasteiger partial charge >= 0.3 is 102 Å². The van der Waals surface area contributed by atoms with E-state index in [1.54, 1.807) is 0 Å². The number of hydrogen-bond donors (Lipinski definition) is 4. The van der Waals surface area contributed by atoms with Crippen LogP contribution in [-0.2, 0) is 29.2 Å². The van der Waals surface area contributed by atoms with E-state index in [2.05, 4.69) is 8.37 Å². The molecule has 0 amide bonds. The van der Waals surface area contributed by atoms with Crippen LogP contribution in [0.2, 0.25) is 0 Å². The zero-order chi connectivity index (χ0) is 9.99. The van der Waals surface area contributed by atoms with Crippen LogP contribution in [0, 0.1) is 0 Å².